The maximum atomic E-state index is 12.4. The number of aromatic nitrogens is 2. The van der Waals surface area contributed by atoms with Gasteiger partial charge >= 0.3 is 0 Å². The van der Waals surface area contributed by atoms with Crippen LogP contribution in [0.2, 0.25) is 0 Å². The molecule has 4 nitrogen and oxygen atoms in total. The summed E-state index contributed by atoms with van der Waals surface area (Å²) < 4.78 is 8.83. The highest BCUT2D eigenvalue weighted by Crippen LogP contribution is 2.28. The molecule has 6 heteroatoms. The Morgan fingerprint density at radius 2 is 2.04 bits per heavy atom. The van der Waals surface area contributed by atoms with Crippen molar-refractivity contribution in [3.05, 3.63) is 44.1 Å². The van der Waals surface area contributed by atoms with Crippen LogP contribution in [0, 0.1) is 13.8 Å². The molecule has 0 saturated carbocycles. The molecule has 0 N–H and O–H groups in total. The lowest BCUT2D eigenvalue weighted by Gasteiger charge is -2.10. The van der Waals surface area contributed by atoms with Gasteiger partial charge in [0.2, 0.25) is 0 Å². The Hall–Kier alpha value is -1.14. The van der Waals surface area contributed by atoms with Gasteiger partial charge in [-0.25, -0.2) is 4.68 Å². The van der Waals surface area contributed by atoms with Gasteiger partial charge in [-0.05, 0) is 65.9 Å². The summed E-state index contributed by atoms with van der Waals surface area (Å²) >= 11 is 6.81. The summed E-state index contributed by atoms with van der Waals surface area (Å²) in [5, 5.41) is 4.40. The smallest absolute Gasteiger partial charge is 0.284 e. The summed E-state index contributed by atoms with van der Waals surface area (Å²) in [6.45, 7) is 8.12. The van der Waals surface area contributed by atoms with Crippen molar-refractivity contribution >= 4 is 37.8 Å². The van der Waals surface area contributed by atoms with Crippen LogP contribution in [0.4, 0.5) is 0 Å². The van der Waals surface area contributed by atoms with Crippen LogP contribution in [-0.4, -0.2) is 22.3 Å². The van der Waals surface area contributed by atoms with Crippen LogP contribution in [0.3, 0.4) is 0 Å². The number of aryl methyl sites for hydroxylation is 1. The predicted molar refractivity (Wildman–Crippen MR) is 98.4 cm³/mol. The second-order valence-corrected chi connectivity index (χ2v) is 7.33. The zero-order chi connectivity index (χ0) is 17.1. The molecule has 0 fully saturated rings. The van der Waals surface area contributed by atoms with Crippen LogP contribution in [0.5, 0.6) is 5.75 Å². The molecule has 0 aliphatic rings. The van der Waals surface area contributed by atoms with Gasteiger partial charge in [-0.2, -0.15) is 5.10 Å². The summed E-state index contributed by atoms with van der Waals surface area (Å²) in [6, 6.07) is 5.56. The molecular weight excluding hydrogens is 424 g/mol. The van der Waals surface area contributed by atoms with Gasteiger partial charge in [-0.1, -0.05) is 29.8 Å². The summed E-state index contributed by atoms with van der Waals surface area (Å²) in [4.78, 5) is 12.4. The molecule has 0 bridgehead atoms. The number of ether oxygens (including phenoxy) is 1. The second-order valence-electron chi connectivity index (χ2n) is 5.56. The molecule has 124 valence electrons. The SMILES string of the molecule is CCC(C)c1c(C)nn(C(=O)COc2ccc(Br)cc2Br)c1C. The Morgan fingerprint density at radius 1 is 1.35 bits per heavy atom. The monoisotopic (exact) mass is 442 g/mol. The van der Waals surface area contributed by atoms with Crippen molar-refractivity contribution in [2.24, 2.45) is 0 Å². The molecule has 2 rings (SSSR count). The minimum Gasteiger partial charge on any atom is -0.482 e. The van der Waals surface area contributed by atoms with Crippen LogP contribution in [0.1, 0.15) is 47.9 Å². The lowest BCUT2D eigenvalue weighted by molar-refractivity contribution is 0.0817. The van der Waals surface area contributed by atoms with E-state index < -0.39 is 0 Å². The Morgan fingerprint density at radius 3 is 2.65 bits per heavy atom. The predicted octanol–water partition coefficient (Wildman–Crippen LogP) is 5.26. The van der Waals surface area contributed by atoms with Crippen molar-refractivity contribution in [3.63, 3.8) is 0 Å². The lowest BCUT2D eigenvalue weighted by atomic mass is 9.97. The van der Waals surface area contributed by atoms with E-state index in [-0.39, 0.29) is 12.5 Å². The van der Waals surface area contributed by atoms with Crippen molar-refractivity contribution in [1.29, 1.82) is 0 Å². The standard InChI is InChI=1S/C17H20Br2N2O2/c1-5-10(2)17-11(3)20-21(12(17)4)16(22)9-23-15-7-6-13(18)8-14(15)19/h6-8,10H,5,9H2,1-4H3. The highest BCUT2D eigenvalue weighted by Gasteiger charge is 2.20. The molecular formula is C17H20Br2N2O2. The number of nitrogens with zero attached hydrogens (tertiary/aromatic N) is 2. The molecule has 1 unspecified atom stereocenters. The maximum Gasteiger partial charge on any atom is 0.284 e. The highest BCUT2D eigenvalue weighted by atomic mass is 79.9. The van der Waals surface area contributed by atoms with Gasteiger partial charge in [0.25, 0.3) is 5.91 Å². The number of carbonyl (C=O) groups excluding carboxylic acids is 1. The number of carbonyl (C=O) groups is 1. The third-order valence-corrected chi connectivity index (χ3v) is 5.05. The van der Waals surface area contributed by atoms with E-state index >= 15 is 0 Å². The number of benzene rings is 1. The summed E-state index contributed by atoms with van der Waals surface area (Å²) in [6.07, 6.45) is 1.02. The van der Waals surface area contributed by atoms with Gasteiger partial charge < -0.3 is 4.74 Å². The molecule has 0 radical (unpaired) electrons. The van der Waals surface area contributed by atoms with Gasteiger partial charge in [-0.3, -0.25) is 4.79 Å². The normalized spacial score (nSPS) is 12.3. The third kappa shape index (κ3) is 4.04. The van der Waals surface area contributed by atoms with Crippen molar-refractivity contribution in [2.75, 3.05) is 6.61 Å². The molecule has 1 heterocycles. The molecule has 2 aromatic rings. The van der Waals surface area contributed by atoms with Gasteiger partial charge in [0.1, 0.15) is 5.75 Å². The first-order valence-corrected chi connectivity index (χ1v) is 9.10. The lowest BCUT2D eigenvalue weighted by Crippen LogP contribution is -2.22. The molecule has 1 aromatic carbocycles. The molecule has 1 aromatic heterocycles. The van der Waals surface area contributed by atoms with Gasteiger partial charge in [0, 0.05) is 10.2 Å². The Balaban J connectivity index is 2.15. The average molecular weight is 444 g/mol. The van der Waals surface area contributed by atoms with Crippen LogP contribution in [-0.2, 0) is 0 Å². The summed E-state index contributed by atoms with van der Waals surface area (Å²) in [7, 11) is 0. The third-order valence-electron chi connectivity index (χ3n) is 3.93. The fourth-order valence-electron chi connectivity index (χ4n) is 2.61. The van der Waals surface area contributed by atoms with E-state index in [1.54, 1.807) is 0 Å². The van der Waals surface area contributed by atoms with Crippen molar-refractivity contribution < 1.29 is 9.53 Å². The summed E-state index contributed by atoms with van der Waals surface area (Å²) in [5.74, 6) is 0.846. The number of rotatable bonds is 5. The summed E-state index contributed by atoms with van der Waals surface area (Å²) in [5.41, 5.74) is 2.97. The minimum absolute atomic E-state index is 0.0534. The molecule has 0 amide bonds. The van der Waals surface area contributed by atoms with Crippen molar-refractivity contribution in [3.8, 4) is 5.75 Å². The molecule has 0 aliphatic heterocycles. The first kappa shape index (κ1) is 18.2. The van der Waals surface area contributed by atoms with Gasteiger partial charge in [0.15, 0.2) is 6.61 Å². The van der Waals surface area contributed by atoms with E-state index in [1.165, 1.54) is 4.68 Å². The van der Waals surface area contributed by atoms with Crippen molar-refractivity contribution in [1.82, 2.24) is 9.78 Å². The van der Waals surface area contributed by atoms with Crippen LogP contribution in [0.25, 0.3) is 0 Å². The molecule has 23 heavy (non-hydrogen) atoms. The quantitative estimate of drug-likeness (QED) is 0.633. The Bertz CT molecular complexity index is 726. The molecule has 1 atom stereocenters. The zero-order valence-corrected chi connectivity index (χ0v) is 16.9. The Kier molecular flexibility index (Phi) is 6.03. The zero-order valence-electron chi connectivity index (χ0n) is 13.7. The molecule has 0 spiro atoms. The van der Waals surface area contributed by atoms with Crippen LogP contribution < -0.4 is 4.74 Å². The minimum atomic E-state index is -0.171. The van der Waals surface area contributed by atoms with E-state index in [0.717, 1.165) is 32.3 Å². The fourth-order valence-corrected chi connectivity index (χ4v) is 3.77. The van der Waals surface area contributed by atoms with Crippen molar-refractivity contribution in [2.45, 2.75) is 40.0 Å². The van der Waals surface area contributed by atoms with Gasteiger partial charge in [0.05, 0.1) is 10.2 Å². The number of hydrogen-bond donors (Lipinski definition) is 0. The molecule has 0 saturated heterocycles. The highest BCUT2D eigenvalue weighted by molar-refractivity contribution is 9.11. The fraction of sp³-hybridized carbons (Fsp3) is 0.412. The molecule has 0 aliphatic carbocycles. The van der Waals surface area contributed by atoms with Gasteiger partial charge in [-0.15, -0.1) is 0 Å². The van der Waals surface area contributed by atoms with E-state index in [2.05, 4.69) is 50.8 Å². The van der Waals surface area contributed by atoms with E-state index in [4.69, 9.17) is 4.74 Å². The van der Waals surface area contributed by atoms with E-state index in [9.17, 15) is 4.79 Å². The maximum absolute atomic E-state index is 12.4. The topological polar surface area (TPSA) is 44.1 Å². The Labute approximate surface area is 153 Å². The number of hydrogen-bond acceptors (Lipinski definition) is 3. The van der Waals surface area contributed by atoms with Crippen LogP contribution >= 0.6 is 31.9 Å². The number of halogens is 2. The first-order valence-electron chi connectivity index (χ1n) is 7.52. The van der Waals surface area contributed by atoms with E-state index in [0.29, 0.717) is 11.7 Å². The second kappa shape index (κ2) is 7.62. The average Bonchev–Trinajstić information content (AvgIpc) is 2.80. The van der Waals surface area contributed by atoms with E-state index in [1.807, 2.05) is 32.0 Å². The largest absolute Gasteiger partial charge is 0.482 e. The van der Waals surface area contributed by atoms with Crippen LogP contribution in [0.15, 0.2) is 27.1 Å². The first-order chi connectivity index (χ1) is 10.8.